The summed E-state index contributed by atoms with van der Waals surface area (Å²) in [5.74, 6) is 0.710. The number of benzene rings is 1. The molecule has 2 aromatic heterocycles. The molecule has 3 nitrogen and oxygen atoms in total. The fraction of sp³-hybridized carbons (Fsp3) is 0.200. The zero-order valence-electron chi connectivity index (χ0n) is 11.4. The van der Waals surface area contributed by atoms with Gasteiger partial charge in [0, 0.05) is 11.2 Å². The number of pyridine rings is 1. The second-order valence-electron chi connectivity index (χ2n) is 4.84. The maximum absolute atomic E-state index is 6.40. The molecule has 0 bridgehead atoms. The van der Waals surface area contributed by atoms with E-state index in [1.54, 1.807) is 12.4 Å². The number of hydrogen-bond acceptors (Lipinski definition) is 2. The van der Waals surface area contributed by atoms with Gasteiger partial charge in [-0.3, -0.25) is 9.55 Å². The molecule has 0 fully saturated rings. The highest BCUT2D eigenvalue weighted by atomic mass is 35.5. The summed E-state index contributed by atoms with van der Waals surface area (Å²) in [7, 11) is 0. The molecule has 0 aliphatic carbocycles. The monoisotopic (exact) mass is 339 g/mol. The lowest BCUT2D eigenvalue weighted by Gasteiger charge is -2.13. The van der Waals surface area contributed by atoms with Crippen LogP contribution in [-0.4, -0.2) is 14.5 Å². The van der Waals surface area contributed by atoms with Crippen LogP contribution in [0.25, 0.3) is 16.7 Å². The van der Waals surface area contributed by atoms with Crippen LogP contribution in [0.4, 0.5) is 0 Å². The Hall–Kier alpha value is -1.29. The maximum Gasteiger partial charge on any atom is 0.132 e. The van der Waals surface area contributed by atoms with E-state index in [-0.39, 0.29) is 5.38 Å². The van der Waals surface area contributed by atoms with Crippen LogP contribution in [0, 0.1) is 6.92 Å². The third-order valence-electron chi connectivity index (χ3n) is 3.31. The molecule has 0 spiro atoms. The first-order chi connectivity index (χ1) is 9.99. The molecule has 3 rings (SSSR count). The van der Waals surface area contributed by atoms with Crippen molar-refractivity contribution < 1.29 is 0 Å². The lowest BCUT2D eigenvalue weighted by molar-refractivity contribution is 0.882. The molecule has 0 saturated carbocycles. The summed E-state index contributed by atoms with van der Waals surface area (Å²) in [6, 6.07) is 5.56. The number of fused-ring (bicyclic) bond motifs is 1. The van der Waals surface area contributed by atoms with Gasteiger partial charge in [0.25, 0.3) is 0 Å². The number of imidazole rings is 1. The highest BCUT2D eigenvalue weighted by Crippen LogP contribution is 2.33. The summed E-state index contributed by atoms with van der Waals surface area (Å²) in [6.45, 7) is 3.79. The van der Waals surface area contributed by atoms with Gasteiger partial charge in [0.1, 0.15) is 11.3 Å². The topological polar surface area (TPSA) is 30.7 Å². The first kappa shape index (κ1) is 14.6. The van der Waals surface area contributed by atoms with E-state index in [1.807, 2.05) is 36.6 Å². The van der Waals surface area contributed by atoms with Gasteiger partial charge in [-0.05, 0) is 37.6 Å². The number of aryl methyl sites for hydroxylation is 1. The number of alkyl halides is 1. The summed E-state index contributed by atoms with van der Waals surface area (Å²) < 4.78 is 1.93. The van der Waals surface area contributed by atoms with Gasteiger partial charge in [0.05, 0.1) is 27.8 Å². The Bertz CT molecular complexity index is 824. The average molecular weight is 341 g/mol. The standard InChI is InChI=1S/C15H12Cl3N3/c1-8-5-11(18)14(6-10(8)17)21-13-3-4-19-7-12(13)20-15(21)9(2)16/h3-7,9H,1-2H3. The van der Waals surface area contributed by atoms with Crippen molar-refractivity contribution in [3.63, 3.8) is 0 Å². The van der Waals surface area contributed by atoms with Crippen molar-refractivity contribution >= 4 is 45.8 Å². The Kier molecular flexibility index (Phi) is 3.82. The fourth-order valence-corrected chi connectivity index (χ4v) is 2.89. The fourth-order valence-electron chi connectivity index (χ4n) is 2.28. The van der Waals surface area contributed by atoms with Crippen molar-refractivity contribution in [1.29, 1.82) is 0 Å². The summed E-state index contributed by atoms with van der Waals surface area (Å²) in [4.78, 5) is 8.65. The van der Waals surface area contributed by atoms with E-state index < -0.39 is 0 Å². The number of nitrogens with zero attached hydrogens (tertiary/aromatic N) is 3. The average Bonchev–Trinajstić information content (AvgIpc) is 2.82. The van der Waals surface area contributed by atoms with E-state index in [0.29, 0.717) is 15.9 Å². The van der Waals surface area contributed by atoms with Gasteiger partial charge in [0.15, 0.2) is 0 Å². The zero-order valence-corrected chi connectivity index (χ0v) is 13.7. The molecule has 0 N–H and O–H groups in total. The van der Waals surface area contributed by atoms with Crippen LogP contribution >= 0.6 is 34.8 Å². The molecule has 3 aromatic rings. The SMILES string of the molecule is Cc1cc(Cl)c(-n2c(C(C)Cl)nc3cnccc32)cc1Cl. The summed E-state index contributed by atoms with van der Waals surface area (Å²) in [6.07, 6.45) is 3.42. The number of aromatic nitrogens is 3. The van der Waals surface area contributed by atoms with Crippen LogP contribution in [0.1, 0.15) is 23.7 Å². The number of hydrogen-bond donors (Lipinski definition) is 0. The minimum atomic E-state index is -0.270. The van der Waals surface area contributed by atoms with E-state index in [9.17, 15) is 0 Å². The van der Waals surface area contributed by atoms with E-state index >= 15 is 0 Å². The van der Waals surface area contributed by atoms with Crippen LogP contribution in [0.15, 0.2) is 30.6 Å². The molecule has 0 radical (unpaired) electrons. The molecule has 0 amide bonds. The lowest BCUT2D eigenvalue weighted by atomic mass is 10.2. The highest BCUT2D eigenvalue weighted by Gasteiger charge is 2.18. The van der Waals surface area contributed by atoms with Crippen LogP contribution < -0.4 is 0 Å². The molecule has 21 heavy (non-hydrogen) atoms. The Labute approximate surface area is 137 Å². The van der Waals surface area contributed by atoms with Gasteiger partial charge >= 0.3 is 0 Å². The van der Waals surface area contributed by atoms with Gasteiger partial charge < -0.3 is 0 Å². The highest BCUT2D eigenvalue weighted by molar-refractivity contribution is 6.35. The smallest absolute Gasteiger partial charge is 0.132 e. The first-order valence-corrected chi connectivity index (χ1v) is 7.60. The summed E-state index contributed by atoms with van der Waals surface area (Å²) in [5.41, 5.74) is 3.36. The Morgan fingerprint density at radius 2 is 1.95 bits per heavy atom. The molecule has 2 heterocycles. The normalized spacial score (nSPS) is 12.8. The first-order valence-electron chi connectivity index (χ1n) is 6.41. The van der Waals surface area contributed by atoms with Gasteiger partial charge in [0.2, 0.25) is 0 Å². The molecule has 0 aliphatic heterocycles. The summed E-state index contributed by atoms with van der Waals surface area (Å²) >= 11 is 18.9. The molecular weight excluding hydrogens is 329 g/mol. The number of halogens is 3. The van der Waals surface area contributed by atoms with Gasteiger partial charge in [-0.2, -0.15) is 0 Å². The molecule has 1 aromatic carbocycles. The molecule has 0 saturated heterocycles. The molecule has 1 unspecified atom stereocenters. The molecular formula is C15H12Cl3N3. The third-order valence-corrected chi connectivity index (χ3v) is 4.21. The van der Waals surface area contributed by atoms with Crippen LogP contribution in [0.5, 0.6) is 0 Å². The van der Waals surface area contributed by atoms with Crippen LogP contribution in [0.3, 0.4) is 0 Å². The van der Waals surface area contributed by atoms with Crippen molar-refractivity contribution in [2.45, 2.75) is 19.2 Å². The third kappa shape index (κ3) is 2.50. The Morgan fingerprint density at radius 3 is 2.67 bits per heavy atom. The summed E-state index contributed by atoms with van der Waals surface area (Å²) in [5, 5.41) is 0.985. The van der Waals surface area contributed by atoms with Crippen LogP contribution in [-0.2, 0) is 0 Å². The van der Waals surface area contributed by atoms with E-state index in [4.69, 9.17) is 34.8 Å². The van der Waals surface area contributed by atoms with Crippen molar-refractivity contribution in [3.8, 4) is 5.69 Å². The Morgan fingerprint density at radius 1 is 1.19 bits per heavy atom. The molecule has 0 aliphatic rings. The zero-order chi connectivity index (χ0) is 15.1. The van der Waals surface area contributed by atoms with E-state index in [1.165, 1.54) is 0 Å². The van der Waals surface area contributed by atoms with Crippen molar-refractivity contribution in [2.75, 3.05) is 0 Å². The quantitative estimate of drug-likeness (QED) is 0.590. The minimum Gasteiger partial charge on any atom is -0.293 e. The van der Waals surface area contributed by atoms with Crippen LogP contribution in [0.2, 0.25) is 10.0 Å². The second-order valence-corrected chi connectivity index (χ2v) is 6.31. The van der Waals surface area contributed by atoms with Gasteiger partial charge in [-0.15, -0.1) is 11.6 Å². The van der Waals surface area contributed by atoms with Gasteiger partial charge in [-0.25, -0.2) is 4.98 Å². The molecule has 6 heteroatoms. The number of rotatable bonds is 2. The minimum absolute atomic E-state index is 0.270. The van der Waals surface area contributed by atoms with Crippen molar-refractivity contribution in [2.24, 2.45) is 0 Å². The maximum atomic E-state index is 6.40. The van der Waals surface area contributed by atoms with E-state index in [0.717, 1.165) is 22.3 Å². The predicted octanol–water partition coefficient (Wildman–Crippen LogP) is 5.34. The largest absolute Gasteiger partial charge is 0.293 e. The second kappa shape index (κ2) is 5.48. The van der Waals surface area contributed by atoms with Gasteiger partial charge in [-0.1, -0.05) is 23.2 Å². The molecule has 108 valence electrons. The predicted molar refractivity (Wildman–Crippen MR) is 87.9 cm³/mol. The Balaban J connectivity index is 2.38. The van der Waals surface area contributed by atoms with Crippen molar-refractivity contribution in [1.82, 2.24) is 14.5 Å². The lowest BCUT2D eigenvalue weighted by Crippen LogP contribution is -2.03. The van der Waals surface area contributed by atoms with Crippen molar-refractivity contribution in [3.05, 3.63) is 52.0 Å². The van der Waals surface area contributed by atoms with E-state index in [2.05, 4.69) is 9.97 Å². The molecule has 1 atom stereocenters.